The highest BCUT2D eigenvalue weighted by atomic mass is 16.4. The highest BCUT2D eigenvalue weighted by Gasteiger charge is 2.50. The molecule has 1 saturated carbocycles. The molecule has 1 amide bonds. The third-order valence-corrected chi connectivity index (χ3v) is 4.65. The van der Waals surface area contributed by atoms with E-state index in [4.69, 9.17) is 11.7 Å². The Bertz CT molecular complexity index is 925. The van der Waals surface area contributed by atoms with Gasteiger partial charge in [-0.15, -0.1) is 11.5 Å². The second-order valence-electron chi connectivity index (χ2n) is 6.11. The van der Waals surface area contributed by atoms with Crippen molar-refractivity contribution in [1.29, 1.82) is 5.26 Å². The largest absolute Gasteiger partial charge is 0.479 e. The van der Waals surface area contributed by atoms with Crippen LogP contribution in [0.2, 0.25) is 0 Å². The van der Waals surface area contributed by atoms with Gasteiger partial charge in [0.25, 0.3) is 0 Å². The molecule has 130 valence electrons. The van der Waals surface area contributed by atoms with Gasteiger partial charge in [0.2, 0.25) is 0 Å². The first-order valence-corrected chi connectivity index (χ1v) is 8.12. The standard InChI is InChI=1S/C19H16N4O3/c1-2-17(24)23(19(18(25)26)10-3-4-11-19)16-9-12-22(21-16)15-7-5-14(13-20)6-8-15/h1,5-9,12H,3-4,10-11H2,(H,25,26). The molecule has 1 fully saturated rings. The van der Waals surface area contributed by atoms with E-state index in [0.29, 0.717) is 36.9 Å². The van der Waals surface area contributed by atoms with Crippen molar-refractivity contribution in [1.82, 2.24) is 9.78 Å². The summed E-state index contributed by atoms with van der Waals surface area (Å²) in [6.45, 7) is 0. The van der Waals surface area contributed by atoms with E-state index in [0.717, 1.165) is 4.90 Å². The van der Waals surface area contributed by atoms with E-state index in [2.05, 4.69) is 5.10 Å². The molecule has 0 aliphatic heterocycles. The summed E-state index contributed by atoms with van der Waals surface area (Å²) in [6.07, 6.45) is 8.99. The van der Waals surface area contributed by atoms with Crippen LogP contribution in [0, 0.1) is 23.7 Å². The summed E-state index contributed by atoms with van der Waals surface area (Å²) in [5, 5.41) is 23.0. The fourth-order valence-electron chi connectivity index (χ4n) is 3.34. The van der Waals surface area contributed by atoms with Gasteiger partial charge in [0.15, 0.2) is 5.82 Å². The Morgan fingerprint density at radius 1 is 1.23 bits per heavy atom. The number of aliphatic carboxylic acids is 1. The molecule has 7 heteroatoms. The number of carbonyl (C=O) groups excluding carboxylic acids is 1. The first kappa shape index (κ1) is 17.2. The summed E-state index contributed by atoms with van der Waals surface area (Å²) in [5.41, 5.74) is -0.173. The maximum absolute atomic E-state index is 12.4. The van der Waals surface area contributed by atoms with Crippen LogP contribution in [0.5, 0.6) is 0 Å². The molecular formula is C19H16N4O3. The SMILES string of the molecule is C#CC(=O)N(c1ccn(-c2ccc(C#N)cc2)n1)C1(C(=O)O)CCCC1. The quantitative estimate of drug-likeness (QED) is 0.853. The van der Waals surface area contributed by atoms with E-state index in [1.54, 1.807) is 36.5 Å². The number of rotatable bonds is 4. The molecule has 7 nitrogen and oxygen atoms in total. The van der Waals surface area contributed by atoms with Crippen LogP contribution >= 0.6 is 0 Å². The minimum atomic E-state index is -1.37. The lowest BCUT2D eigenvalue weighted by Crippen LogP contribution is -2.56. The third-order valence-electron chi connectivity index (χ3n) is 4.65. The average molecular weight is 348 g/mol. The molecular weight excluding hydrogens is 332 g/mol. The summed E-state index contributed by atoms with van der Waals surface area (Å²) in [6, 6.07) is 10.3. The minimum Gasteiger partial charge on any atom is -0.479 e. The predicted octanol–water partition coefficient (Wildman–Crippen LogP) is 2.11. The summed E-state index contributed by atoms with van der Waals surface area (Å²) in [7, 11) is 0. The lowest BCUT2D eigenvalue weighted by atomic mass is 9.95. The second kappa shape index (κ2) is 6.73. The van der Waals surface area contributed by atoms with Crippen LogP contribution in [0.3, 0.4) is 0 Å². The van der Waals surface area contributed by atoms with E-state index in [-0.39, 0.29) is 5.82 Å². The number of carboxylic acid groups (broad SMARTS) is 1. The van der Waals surface area contributed by atoms with Crippen LogP contribution in [0.1, 0.15) is 31.2 Å². The van der Waals surface area contributed by atoms with Gasteiger partial charge in [-0.2, -0.15) is 5.26 Å². The third kappa shape index (κ3) is 2.80. The van der Waals surface area contributed by atoms with E-state index in [9.17, 15) is 14.7 Å². The van der Waals surface area contributed by atoms with Crippen molar-refractivity contribution in [3.05, 3.63) is 42.1 Å². The van der Waals surface area contributed by atoms with Crippen LogP contribution in [0.15, 0.2) is 36.5 Å². The number of terminal acetylenes is 1. The van der Waals surface area contributed by atoms with Crippen LogP contribution in [-0.2, 0) is 9.59 Å². The molecule has 1 aromatic heterocycles. The Balaban J connectivity index is 2.02. The van der Waals surface area contributed by atoms with Crippen molar-refractivity contribution >= 4 is 17.7 Å². The zero-order chi connectivity index (χ0) is 18.7. The number of nitriles is 1. The molecule has 0 saturated heterocycles. The molecule has 1 aromatic carbocycles. The summed E-state index contributed by atoms with van der Waals surface area (Å²) >= 11 is 0. The van der Waals surface area contributed by atoms with Gasteiger partial charge in [0, 0.05) is 12.3 Å². The lowest BCUT2D eigenvalue weighted by molar-refractivity contribution is -0.144. The Kier molecular flexibility index (Phi) is 4.47. The average Bonchev–Trinajstić information content (AvgIpc) is 3.33. The van der Waals surface area contributed by atoms with Crippen molar-refractivity contribution in [2.45, 2.75) is 31.2 Å². The molecule has 0 unspecified atom stereocenters. The topological polar surface area (TPSA) is 99.2 Å². The second-order valence-corrected chi connectivity index (χ2v) is 6.11. The highest BCUT2D eigenvalue weighted by Crippen LogP contribution is 2.38. The molecule has 26 heavy (non-hydrogen) atoms. The number of hydrogen-bond acceptors (Lipinski definition) is 4. The number of benzene rings is 1. The molecule has 0 spiro atoms. The van der Waals surface area contributed by atoms with Crippen LogP contribution in [0.25, 0.3) is 5.69 Å². The first-order chi connectivity index (χ1) is 12.5. The Hall–Kier alpha value is -3.58. The zero-order valence-corrected chi connectivity index (χ0v) is 13.9. The highest BCUT2D eigenvalue weighted by molar-refractivity contribution is 6.09. The number of nitrogens with zero attached hydrogens (tertiary/aromatic N) is 4. The molecule has 0 bridgehead atoms. The first-order valence-electron chi connectivity index (χ1n) is 8.12. The smallest absolute Gasteiger partial charge is 0.330 e. The molecule has 1 aliphatic carbocycles. The Morgan fingerprint density at radius 3 is 2.42 bits per heavy atom. The van der Waals surface area contributed by atoms with E-state index < -0.39 is 17.4 Å². The van der Waals surface area contributed by atoms with Crippen LogP contribution in [-0.4, -0.2) is 32.3 Å². The maximum Gasteiger partial charge on any atom is 0.330 e. The van der Waals surface area contributed by atoms with Gasteiger partial charge in [-0.1, -0.05) is 12.8 Å². The minimum absolute atomic E-state index is 0.196. The Morgan fingerprint density at radius 2 is 1.88 bits per heavy atom. The molecule has 1 aliphatic rings. The zero-order valence-electron chi connectivity index (χ0n) is 13.9. The summed E-state index contributed by atoms with van der Waals surface area (Å²) in [4.78, 5) is 25.5. The fraction of sp³-hybridized carbons (Fsp3) is 0.263. The van der Waals surface area contributed by atoms with E-state index in [1.165, 1.54) is 4.68 Å². The van der Waals surface area contributed by atoms with Crippen molar-refractivity contribution in [3.63, 3.8) is 0 Å². The van der Waals surface area contributed by atoms with Crippen LogP contribution < -0.4 is 4.90 Å². The molecule has 1 N–H and O–H groups in total. The lowest BCUT2D eigenvalue weighted by Gasteiger charge is -2.34. The molecule has 1 heterocycles. The number of aromatic nitrogens is 2. The van der Waals surface area contributed by atoms with Crippen molar-refractivity contribution in [3.8, 4) is 24.1 Å². The fourth-order valence-corrected chi connectivity index (χ4v) is 3.34. The summed E-state index contributed by atoms with van der Waals surface area (Å²) < 4.78 is 1.51. The predicted molar refractivity (Wildman–Crippen MR) is 93.4 cm³/mol. The van der Waals surface area contributed by atoms with Crippen molar-refractivity contribution in [2.75, 3.05) is 4.90 Å². The monoisotopic (exact) mass is 348 g/mol. The van der Waals surface area contributed by atoms with Crippen molar-refractivity contribution < 1.29 is 14.7 Å². The molecule has 0 radical (unpaired) electrons. The van der Waals surface area contributed by atoms with Gasteiger partial charge in [0.05, 0.1) is 17.3 Å². The van der Waals surface area contributed by atoms with Gasteiger partial charge in [-0.25, -0.2) is 9.48 Å². The normalized spacial score (nSPS) is 15.0. The van der Waals surface area contributed by atoms with Gasteiger partial charge >= 0.3 is 11.9 Å². The van der Waals surface area contributed by atoms with Gasteiger partial charge in [-0.05, 0) is 43.0 Å². The number of carbonyl (C=O) groups is 2. The summed E-state index contributed by atoms with van der Waals surface area (Å²) in [5.74, 6) is 0.418. The molecule has 0 atom stereocenters. The Labute approximate surface area is 150 Å². The van der Waals surface area contributed by atoms with Crippen LogP contribution in [0.4, 0.5) is 5.82 Å². The van der Waals surface area contributed by atoms with Gasteiger partial charge in [-0.3, -0.25) is 9.69 Å². The number of hydrogen-bond donors (Lipinski definition) is 1. The van der Waals surface area contributed by atoms with E-state index in [1.807, 2.05) is 12.0 Å². The number of carboxylic acids is 1. The van der Waals surface area contributed by atoms with Crippen molar-refractivity contribution in [2.24, 2.45) is 0 Å². The molecule has 3 rings (SSSR count). The van der Waals surface area contributed by atoms with E-state index >= 15 is 0 Å². The van der Waals surface area contributed by atoms with Gasteiger partial charge in [0.1, 0.15) is 5.54 Å². The van der Waals surface area contributed by atoms with Gasteiger partial charge < -0.3 is 5.11 Å². The number of anilines is 1. The molecule has 2 aromatic rings. The maximum atomic E-state index is 12.4. The number of amides is 1.